The summed E-state index contributed by atoms with van der Waals surface area (Å²) < 4.78 is 4.63. The molecule has 0 aromatic heterocycles. The number of esters is 1. The lowest BCUT2D eigenvalue weighted by atomic mass is 10.1. The van der Waals surface area contributed by atoms with E-state index in [-0.39, 0.29) is 24.4 Å². The van der Waals surface area contributed by atoms with Crippen molar-refractivity contribution in [3.8, 4) is 5.75 Å². The van der Waals surface area contributed by atoms with Crippen LogP contribution in [0, 0.1) is 0 Å². The Balaban J connectivity index is 2.74. The van der Waals surface area contributed by atoms with Gasteiger partial charge in [-0.25, -0.2) is 4.79 Å². The van der Waals surface area contributed by atoms with Gasteiger partial charge in [0.25, 0.3) is 0 Å². The Labute approximate surface area is 116 Å². The van der Waals surface area contributed by atoms with Crippen LogP contribution in [0.4, 0.5) is 0 Å². The largest absolute Gasteiger partial charge is 0.508 e. The number of ether oxygens (including phenoxy) is 1. The summed E-state index contributed by atoms with van der Waals surface area (Å²) in [5.74, 6) is -1.28. The molecular weight excluding hydrogens is 262 g/mol. The zero-order chi connectivity index (χ0) is 15.1. The summed E-state index contributed by atoms with van der Waals surface area (Å²) in [7, 11) is 1.23. The molecule has 0 unspecified atom stereocenters. The Bertz CT molecular complexity index is 495. The number of Topliss-reactive ketones (excluding diaryl/α,β-unsaturated/α-hetero) is 1. The molecule has 6 heteroatoms. The number of methoxy groups -OCH3 is 1. The lowest BCUT2D eigenvalue weighted by Gasteiger charge is -2.16. The van der Waals surface area contributed by atoms with Gasteiger partial charge in [-0.1, -0.05) is 12.1 Å². The molecule has 1 aromatic carbocycles. The number of benzene rings is 1. The van der Waals surface area contributed by atoms with Gasteiger partial charge >= 0.3 is 5.97 Å². The summed E-state index contributed by atoms with van der Waals surface area (Å²) in [5.41, 5.74) is 0.751. The highest BCUT2D eigenvalue weighted by Crippen LogP contribution is 2.12. The minimum Gasteiger partial charge on any atom is -0.508 e. The fraction of sp³-hybridized carbons (Fsp3) is 0.357. The molecule has 0 aliphatic heterocycles. The van der Waals surface area contributed by atoms with Crippen molar-refractivity contribution < 1.29 is 24.2 Å². The standard InChI is InChI=1S/C14H17NO5/c1-9(16)7-13(18)15-12(14(19)20-2)8-10-3-5-11(17)6-4-10/h3-6,12,17H,7-8H2,1-2H3,(H,15,18)/t12-/m0/s1. The smallest absolute Gasteiger partial charge is 0.328 e. The molecule has 0 heterocycles. The zero-order valence-electron chi connectivity index (χ0n) is 11.4. The molecular formula is C14H17NO5. The Morgan fingerprint density at radius 2 is 1.85 bits per heavy atom. The van der Waals surface area contributed by atoms with Crippen LogP contribution in [0.2, 0.25) is 0 Å². The molecule has 0 radical (unpaired) electrons. The maximum absolute atomic E-state index is 11.6. The molecule has 1 rings (SSSR count). The number of phenolic OH excluding ortho intramolecular Hbond substituents is 1. The van der Waals surface area contributed by atoms with Gasteiger partial charge in [-0.3, -0.25) is 9.59 Å². The molecule has 20 heavy (non-hydrogen) atoms. The quantitative estimate of drug-likeness (QED) is 0.586. The summed E-state index contributed by atoms with van der Waals surface area (Å²) in [5, 5.41) is 11.7. The SMILES string of the molecule is COC(=O)[C@H](Cc1ccc(O)cc1)NC(=O)CC(C)=O. The van der Waals surface area contributed by atoms with Crippen LogP contribution in [0.3, 0.4) is 0 Å². The van der Waals surface area contributed by atoms with Gasteiger partial charge in [0.2, 0.25) is 5.91 Å². The summed E-state index contributed by atoms with van der Waals surface area (Å²) in [6.07, 6.45) is -0.0559. The number of aromatic hydroxyl groups is 1. The molecule has 1 aromatic rings. The number of hydrogen-bond acceptors (Lipinski definition) is 5. The fourth-order valence-corrected chi connectivity index (χ4v) is 1.67. The maximum Gasteiger partial charge on any atom is 0.328 e. The molecule has 6 nitrogen and oxygen atoms in total. The fourth-order valence-electron chi connectivity index (χ4n) is 1.67. The van der Waals surface area contributed by atoms with Crippen molar-refractivity contribution in [3.05, 3.63) is 29.8 Å². The van der Waals surface area contributed by atoms with Crippen LogP contribution in [-0.4, -0.2) is 35.9 Å². The first kappa shape index (κ1) is 15.7. The highest BCUT2D eigenvalue weighted by atomic mass is 16.5. The van der Waals surface area contributed by atoms with Gasteiger partial charge in [0.15, 0.2) is 0 Å². The van der Waals surface area contributed by atoms with Crippen molar-refractivity contribution in [2.24, 2.45) is 0 Å². The van der Waals surface area contributed by atoms with E-state index in [0.717, 1.165) is 5.56 Å². The second-order valence-electron chi connectivity index (χ2n) is 4.39. The van der Waals surface area contributed by atoms with Crippen molar-refractivity contribution >= 4 is 17.7 Å². The van der Waals surface area contributed by atoms with E-state index in [1.54, 1.807) is 12.1 Å². The summed E-state index contributed by atoms with van der Waals surface area (Å²) in [6.45, 7) is 1.30. The Kier molecular flexibility index (Phi) is 5.71. The lowest BCUT2D eigenvalue weighted by molar-refractivity contribution is -0.145. The topological polar surface area (TPSA) is 92.7 Å². The van der Waals surface area contributed by atoms with Crippen LogP contribution in [0.1, 0.15) is 18.9 Å². The number of phenols is 1. The third kappa shape index (κ3) is 5.09. The number of amides is 1. The van der Waals surface area contributed by atoms with Crippen LogP contribution in [0.15, 0.2) is 24.3 Å². The van der Waals surface area contributed by atoms with E-state index < -0.39 is 17.9 Å². The predicted molar refractivity (Wildman–Crippen MR) is 71.1 cm³/mol. The minimum atomic E-state index is -0.864. The van der Waals surface area contributed by atoms with Crippen LogP contribution in [0.5, 0.6) is 5.75 Å². The van der Waals surface area contributed by atoms with E-state index in [1.807, 2.05) is 0 Å². The van der Waals surface area contributed by atoms with E-state index in [0.29, 0.717) is 0 Å². The third-order valence-electron chi connectivity index (χ3n) is 2.61. The average molecular weight is 279 g/mol. The van der Waals surface area contributed by atoms with Crippen molar-refractivity contribution in [2.45, 2.75) is 25.8 Å². The predicted octanol–water partition coefficient (Wildman–Crippen LogP) is 0.572. The van der Waals surface area contributed by atoms with Crippen molar-refractivity contribution in [1.29, 1.82) is 0 Å². The number of carbonyl (C=O) groups is 3. The molecule has 108 valence electrons. The minimum absolute atomic E-state index is 0.115. The van der Waals surface area contributed by atoms with E-state index in [1.165, 1.54) is 26.2 Å². The van der Waals surface area contributed by atoms with Crippen molar-refractivity contribution in [2.75, 3.05) is 7.11 Å². The van der Waals surface area contributed by atoms with Crippen LogP contribution < -0.4 is 5.32 Å². The Hall–Kier alpha value is -2.37. The molecule has 0 saturated heterocycles. The highest BCUT2D eigenvalue weighted by molar-refractivity contribution is 5.98. The van der Waals surface area contributed by atoms with Gasteiger partial charge in [-0.2, -0.15) is 0 Å². The number of rotatable bonds is 6. The number of carbonyl (C=O) groups excluding carboxylic acids is 3. The number of ketones is 1. The first-order chi connectivity index (χ1) is 9.42. The van der Waals surface area contributed by atoms with Crippen LogP contribution in [-0.2, 0) is 25.5 Å². The molecule has 0 saturated carbocycles. The molecule has 0 spiro atoms. The van der Waals surface area contributed by atoms with Crippen molar-refractivity contribution in [3.63, 3.8) is 0 Å². The van der Waals surface area contributed by atoms with Crippen LogP contribution >= 0.6 is 0 Å². The number of nitrogens with one attached hydrogen (secondary N) is 1. The second-order valence-corrected chi connectivity index (χ2v) is 4.39. The van der Waals surface area contributed by atoms with Gasteiger partial charge in [-0.05, 0) is 24.6 Å². The van der Waals surface area contributed by atoms with E-state index >= 15 is 0 Å². The summed E-state index contributed by atoms with van der Waals surface area (Å²) in [4.78, 5) is 34.0. The lowest BCUT2D eigenvalue weighted by Crippen LogP contribution is -2.43. The zero-order valence-corrected chi connectivity index (χ0v) is 11.4. The average Bonchev–Trinajstić information content (AvgIpc) is 2.38. The third-order valence-corrected chi connectivity index (χ3v) is 2.61. The molecule has 0 bridgehead atoms. The first-order valence-electron chi connectivity index (χ1n) is 6.07. The Morgan fingerprint density at radius 3 is 2.35 bits per heavy atom. The maximum atomic E-state index is 11.6. The van der Waals surface area contributed by atoms with Gasteiger partial charge in [0.1, 0.15) is 17.6 Å². The monoisotopic (exact) mass is 279 g/mol. The van der Waals surface area contributed by atoms with Gasteiger partial charge < -0.3 is 15.2 Å². The van der Waals surface area contributed by atoms with E-state index in [2.05, 4.69) is 10.1 Å². The normalized spacial score (nSPS) is 11.5. The first-order valence-corrected chi connectivity index (χ1v) is 6.07. The molecule has 1 amide bonds. The molecule has 0 fully saturated rings. The molecule has 2 N–H and O–H groups in total. The Morgan fingerprint density at radius 1 is 1.25 bits per heavy atom. The van der Waals surface area contributed by atoms with Gasteiger partial charge in [-0.15, -0.1) is 0 Å². The van der Waals surface area contributed by atoms with Gasteiger partial charge in [0.05, 0.1) is 13.5 Å². The summed E-state index contributed by atoms with van der Waals surface area (Å²) >= 11 is 0. The van der Waals surface area contributed by atoms with Gasteiger partial charge in [0, 0.05) is 6.42 Å². The number of hydrogen-bond donors (Lipinski definition) is 2. The van der Waals surface area contributed by atoms with E-state index in [4.69, 9.17) is 0 Å². The molecule has 0 aliphatic rings. The molecule has 0 aliphatic carbocycles. The second kappa shape index (κ2) is 7.28. The van der Waals surface area contributed by atoms with Crippen LogP contribution in [0.25, 0.3) is 0 Å². The van der Waals surface area contributed by atoms with Crippen molar-refractivity contribution in [1.82, 2.24) is 5.32 Å². The highest BCUT2D eigenvalue weighted by Gasteiger charge is 2.22. The molecule has 1 atom stereocenters. The van der Waals surface area contributed by atoms with E-state index in [9.17, 15) is 19.5 Å². The summed E-state index contributed by atoms with van der Waals surface area (Å²) in [6, 6.07) is 5.39.